The molecule has 0 amide bonds. The third-order valence-corrected chi connectivity index (χ3v) is 8.77. The first-order chi connectivity index (χ1) is 16.7. The maximum atomic E-state index is 10.9. The predicted octanol–water partition coefficient (Wildman–Crippen LogP) is 0.134. The van der Waals surface area contributed by atoms with Gasteiger partial charge in [0, 0.05) is 20.0 Å². The molecule has 5 N–H and O–H groups in total. The van der Waals surface area contributed by atoms with Gasteiger partial charge in [-0.2, -0.15) is 0 Å². The normalized spacial score (nSPS) is 42.4. The van der Waals surface area contributed by atoms with Gasteiger partial charge in [0.15, 0.2) is 10.3 Å². The monoisotopic (exact) mass is 534 g/mol. The van der Waals surface area contributed by atoms with Crippen LogP contribution >= 0.6 is 23.5 Å². The van der Waals surface area contributed by atoms with Crippen molar-refractivity contribution in [2.75, 3.05) is 26.3 Å². The molecule has 13 heteroatoms. The van der Waals surface area contributed by atoms with Crippen LogP contribution in [-0.2, 0) is 19.0 Å². The van der Waals surface area contributed by atoms with Gasteiger partial charge in [0.2, 0.25) is 0 Å². The second-order valence-electron chi connectivity index (χ2n) is 8.91. The molecule has 4 saturated heterocycles. The van der Waals surface area contributed by atoms with Gasteiger partial charge in [-0.1, -0.05) is 37.4 Å². The van der Waals surface area contributed by atoms with Crippen LogP contribution in [0.5, 0.6) is 0 Å². The van der Waals surface area contributed by atoms with Gasteiger partial charge >= 0.3 is 5.97 Å². The summed E-state index contributed by atoms with van der Waals surface area (Å²) in [4.78, 5) is 19.5. The summed E-state index contributed by atoms with van der Waals surface area (Å²) >= 11 is 3.02. The molecule has 0 aromatic heterocycles. The summed E-state index contributed by atoms with van der Waals surface area (Å²) in [7, 11) is 0. The van der Waals surface area contributed by atoms with Crippen molar-refractivity contribution in [2.24, 2.45) is 21.8 Å². The summed E-state index contributed by atoms with van der Waals surface area (Å²) in [5, 5.41) is 36.7. The number of ether oxygens (including phenoxy) is 3. The highest BCUT2D eigenvalue weighted by Crippen LogP contribution is 2.39. The van der Waals surface area contributed by atoms with Gasteiger partial charge in [-0.05, 0) is 25.7 Å². The Labute approximate surface area is 214 Å². The minimum absolute atomic E-state index is 0.0320. The average Bonchev–Trinajstić information content (AvgIpc) is 3.42. The van der Waals surface area contributed by atoms with E-state index in [0.717, 1.165) is 11.7 Å². The fourth-order valence-electron chi connectivity index (χ4n) is 4.35. The van der Waals surface area contributed by atoms with Crippen LogP contribution in [-0.4, -0.2) is 105 Å². The molecular weight excluding hydrogens is 496 g/mol. The molecule has 35 heavy (non-hydrogen) atoms. The second-order valence-corrected chi connectivity index (χ2v) is 11.1. The van der Waals surface area contributed by atoms with Crippen molar-refractivity contribution in [3.05, 3.63) is 0 Å². The molecule has 11 nitrogen and oxygen atoms in total. The number of nitrogens with one attached hydrogen (secondary N) is 2. The fraction of sp³-hybridized carbons (Fsp3) is 0.864. The zero-order valence-electron chi connectivity index (χ0n) is 20.8. The van der Waals surface area contributed by atoms with Crippen molar-refractivity contribution in [3.8, 4) is 0 Å². The van der Waals surface area contributed by atoms with Crippen LogP contribution in [0.1, 0.15) is 34.6 Å². The molecule has 4 heterocycles. The number of amidine groups is 2. The first-order valence-corrected chi connectivity index (χ1v) is 13.8. The smallest absolute Gasteiger partial charge is 0.302 e. The first-order valence-electron chi connectivity index (χ1n) is 12.1. The number of thioether (sulfide) groups is 2. The van der Waals surface area contributed by atoms with Crippen LogP contribution in [0.3, 0.4) is 0 Å². The lowest BCUT2D eigenvalue weighted by molar-refractivity contribution is -0.167. The van der Waals surface area contributed by atoms with E-state index in [1.165, 1.54) is 18.7 Å². The molecule has 10 atom stereocenters. The number of carbonyl (C=O) groups excluding carboxylic acids is 1. The van der Waals surface area contributed by atoms with E-state index in [0.29, 0.717) is 36.2 Å². The average molecular weight is 535 g/mol. The lowest BCUT2D eigenvalue weighted by atomic mass is 9.83. The topological polar surface area (TPSA) is 154 Å². The molecule has 0 spiro atoms. The van der Waals surface area contributed by atoms with Crippen LogP contribution in [0, 0.1) is 11.8 Å². The summed E-state index contributed by atoms with van der Waals surface area (Å²) in [6.07, 6.45) is -2.78. The maximum Gasteiger partial charge on any atom is 0.302 e. The summed E-state index contributed by atoms with van der Waals surface area (Å²) in [5.74, 6) is 0.544. The quantitative estimate of drug-likeness (QED) is 0.306. The summed E-state index contributed by atoms with van der Waals surface area (Å²) < 4.78 is 16.6. The van der Waals surface area contributed by atoms with Crippen molar-refractivity contribution in [3.63, 3.8) is 0 Å². The van der Waals surface area contributed by atoms with E-state index in [1.807, 2.05) is 13.8 Å². The number of aliphatic hydroxyl groups is 3. The Morgan fingerprint density at radius 1 is 0.943 bits per heavy atom. The first kappa shape index (κ1) is 28.5. The van der Waals surface area contributed by atoms with Gasteiger partial charge in [-0.3, -0.25) is 14.8 Å². The largest absolute Gasteiger partial charge is 0.463 e. The van der Waals surface area contributed by atoms with Gasteiger partial charge < -0.3 is 40.2 Å². The zero-order valence-corrected chi connectivity index (χ0v) is 22.4. The van der Waals surface area contributed by atoms with E-state index < -0.39 is 18.3 Å². The van der Waals surface area contributed by atoms with Gasteiger partial charge in [-0.15, -0.1) is 0 Å². The highest BCUT2D eigenvalue weighted by Gasteiger charge is 2.49. The molecule has 200 valence electrons. The molecule has 0 saturated carbocycles. The molecular formula is C22H38N4O7S2. The molecule has 4 fully saturated rings. The number of hydrogen-bond donors (Lipinski definition) is 5. The minimum Gasteiger partial charge on any atom is -0.463 e. The Balaban J connectivity index is 0.000000198. The molecule has 4 rings (SSSR count). The lowest BCUT2D eigenvalue weighted by Crippen LogP contribution is -2.59. The third-order valence-electron chi connectivity index (χ3n) is 6.56. The van der Waals surface area contributed by atoms with E-state index in [1.54, 1.807) is 11.8 Å². The van der Waals surface area contributed by atoms with Gasteiger partial charge in [-0.25, -0.2) is 0 Å². The molecule has 0 unspecified atom stereocenters. The van der Waals surface area contributed by atoms with Crippen molar-refractivity contribution in [2.45, 2.75) is 82.0 Å². The molecule has 0 aromatic rings. The van der Waals surface area contributed by atoms with E-state index >= 15 is 0 Å². The summed E-state index contributed by atoms with van der Waals surface area (Å²) in [6, 6.07) is -0.0769. The number of hydrogen-bond acceptors (Lipinski definition) is 11. The van der Waals surface area contributed by atoms with Crippen molar-refractivity contribution < 1.29 is 34.3 Å². The minimum atomic E-state index is -1.07. The standard InChI is InChI=1S/C13H22N2O3S.C9H16N2O4S/c1-5-14-13-15-11-8(3)7(2)10(6-17-9(4)16)18-12(11)19-13;1-2-10-9-11-5-7(14)6(13)4(3-12)15-8(5)16-9/h7-8,10-12H,5-6H2,1-4H3,(H,14,15);4-8,12-14H,2-3H2,1H3,(H,10,11)/t7-,8-,10+,11+,12+;4-,5-,6-,7-,8-/m01/s1. The van der Waals surface area contributed by atoms with E-state index in [2.05, 4.69) is 34.5 Å². The number of fused-ring (bicyclic) bond motifs is 2. The second kappa shape index (κ2) is 12.9. The molecule has 0 radical (unpaired) electrons. The summed E-state index contributed by atoms with van der Waals surface area (Å²) in [6.45, 7) is 11.2. The Kier molecular flexibility index (Phi) is 10.5. The van der Waals surface area contributed by atoms with Gasteiger partial charge in [0.1, 0.15) is 35.8 Å². The van der Waals surface area contributed by atoms with E-state index in [9.17, 15) is 15.0 Å². The molecule has 0 bridgehead atoms. The molecule has 0 aliphatic carbocycles. The third kappa shape index (κ3) is 6.82. The highest BCUT2D eigenvalue weighted by molar-refractivity contribution is 8.14. The SMILES string of the molecule is CCN=C1N[C@@H]2[C@@H](C)[C@H](C)[C@@H](COC(C)=O)O[C@@H]2S1.CCN=C1N[C@@H]2[C@@H](O)[C@H](O)[C@@H](CO)O[C@@H]2S1. The van der Waals surface area contributed by atoms with Crippen LogP contribution in [0.25, 0.3) is 0 Å². The van der Waals surface area contributed by atoms with E-state index in [-0.39, 0.29) is 35.6 Å². The number of aliphatic imine (C=N–C) groups is 2. The van der Waals surface area contributed by atoms with E-state index in [4.69, 9.17) is 19.3 Å². The van der Waals surface area contributed by atoms with Crippen LogP contribution in [0.2, 0.25) is 0 Å². The number of rotatable bonds is 5. The summed E-state index contributed by atoms with van der Waals surface area (Å²) in [5.41, 5.74) is -0.238. The Hall–Kier alpha value is -1.09. The Morgan fingerprint density at radius 2 is 1.49 bits per heavy atom. The van der Waals surface area contributed by atoms with Gasteiger partial charge in [0.05, 0.1) is 24.8 Å². The highest BCUT2D eigenvalue weighted by atomic mass is 32.2. The fourth-order valence-corrected chi connectivity index (χ4v) is 6.84. The maximum absolute atomic E-state index is 10.9. The lowest BCUT2D eigenvalue weighted by Gasteiger charge is -2.40. The Bertz CT molecular complexity index is 789. The number of carbonyl (C=O) groups is 1. The predicted molar refractivity (Wildman–Crippen MR) is 136 cm³/mol. The number of aliphatic hydroxyl groups excluding tert-OH is 3. The Morgan fingerprint density at radius 3 is 2.03 bits per heavy atom. The van der Waals surface area contributed by atoms with Crippen LogP contribution in [0.4, 0.5) is 0 Å². The van der Waals surface area contributed by atoms with Crippen molar-refractivity contribution in [1.82, 2.24) is 10.6 Å². The molecule has 4 aliphatic heterocycles. The number of esters is 1. The van der Waals surface area contributed by atoms with Crippen molar-refractivity contribution >= 4 is 39.8 Å². The van der Waals surface area contributed by atoms with Crippen molar-refractivity contribution in [1.29, 1.82) is 0 Å². The van der Waals surface area contributed by atoms with Gasteiger partial charge in [0.25, 0.3) is 0 Å². The van der Waals surface area contributed by atoms with Crippen LogP contribution < -0.4 is 10.6 Å². The zero-order chi connectivity index (χ0) is 25.7. The molecule has 0 aromatic carbocycles. The number of nitrogens with zero attached hydrogens (tertiary/aromatic N) is 2. The van der Waals surface area contributed by atoms with Crippen LogP contribution in [0.15, 0.2) is 9.98 Å². The molecule has 4 aliphatic rings.